The topological polar surface area (TPSA) is 67.7 Å². The van der Waals surface area contributed by atoms with Crippen LogP contribution in [0.2, 0.25) is 0 Å². The number of nitrogens with zero attached hydrogens (tertiary/aromatic N) is 4. The minimum Gasteiger partial charge on any atom is -0.383 e. The standard InChI is InChI=1S/C28H33F3N4O3S/c1-19-22(16-32-33(19)2)20-10-12-21(13-11-20)27-24-17-34(14-6-7-15-35(24)25(27)18-38-3)39(36,37)26-9-5-4-8-23(26)28(29,30)31/h4-5,8-13,16,24-25,27H,6-7,14-15,17-18H2,1-3H3/t24?,25-,27+/m1/s1. The Morgan fingerprint density at radius 2 is 1.74 bits per heavy atom. The van der Waals surface area contributed by atoms with Gasteiger partial charge in [0.1, 0.15) is 0 Å². The maximum absolute atomic E-state index is 13.7. The number of benzene rings is 2. The molecule has 5 rings (SSSR count). The molecular weight excluding hydrogens is 529 g/mol. The Kier molecular flexibility index (Phi) is 7.62. The summed E-state index contributed by atoms with van der Waals surface area (Å²) in [5.41, 5.74) is 3.05. The maximum Gasteiger partial charge on any atom is 0.417 e. The molecule has 0 radical (unpaired) electrons. The van der Waals surface area contributed by atoms with Crippen LogP contribution >= 0.6 is 0 Å². The second-order valence-electron chi connectivity index (χ2n) is 10.3. The molecule has 2 saturated heterocycles. The number of aryl methyl sites for hydroxylation is 1. The van der Waals surface area contributed by atoms with Gasteiger partial charge in [0.05, 0.1) is 23.3 Å². The second kappa shape index (κ2) is 10.7. The summed E-state index contributed by atoms with van der Waals surface area (Å²) < 4.78 is 77.1. The predicted octanol–water partition coefficient (Wildman–Crippen LogP) is 4.68. The molecule has 39 heavy (non-hydrogen) atoms. The van der Waals surface area contributed by atoms with Crippen molar-refractivity contribution in [3.05, 3.63) is 71.5 Å². The van der Waals surface area contributed by atoms with Gasteiger partial charge >= 0.3 is 6.18 Å². The molecule has 2 aliphatic rings. The molecule has 2 aromatic carbocycles. The Labute approximate surface area is 227 Å². The van der Waals surface area contributed by atoms with Crippen molar-refractivity contribution < 1.29 is 26.3 Å². The third-order valence-corrected chi connectivity index (χ3v) is 10.1. The number of rotatable bonds is 6. The number of halogens is 3. The lowest BCUT2D eigenvalue weighted by molar-refractivity contribution is -0.139. The van der Waals surface area contributed by atoms with Gasteiger partial charge in [-0.05, 0) is 49.6 Å². The van der Waals surface area contributed by atoms with Gasteiger partial charge in [-0.2, -0.15) is 22.6 Å². The summed E-state index contributed by atoms with van der Waals surface area (Å²) in [6.45, 7) is 3.57. The molecule has 2 fully saturated rings. The predicted molar refractivity (Wildman–Crippen MR) is 142 cm³/mol. The Balaban J connectivity index is 1.47. The summed E-state index contributed by atoms with van der Waals surface area (Å²) in [4.78, 5) is 1.56. The molecule has 0 bridgehead atoms. The number of hydrogen-bond acceptors (Lipinski definition) is 5. The van der Waals surface area contributed by atoms with Crippen LogP contribution in [0.3, 0.4) is 0 Å². The van der Waals surface area contributed by atoms with Gasteiger partial charge in [-0.15, -0.1) is 0 Å². The molecular formula is C28H33F3N4O3S. The van der Waals surface area contributed by atoms with Gasteiger partial charge in [-0.25, -0.2) is 8.42 Å². The smallest absolute Gasteiger partial charge is 0.383 e. The minimum atomic E-state index is -4.77. The molecule has 11 heteroatoms. The SMILES string of the molecule is COC[C@@H]1[C@@H](c2ccc(-c3cnn(C)c3C)cc2)C2CN(S(=O)(=O)c3ccccc3C(F)(F)F)CCCCN21. The van der Waals surface area contributed by atoms with Crippen molar-refractivity contribution >= 4 is 10.0 Å². The van der Waals surface area contributed by atoms with E-state index in [0.29, 0.717) is 13.0 Å². The number of methoxy groups -OCH3 is 1. The van der Waals surface area contributed by atoms with Crippen molar-refractivity contribution in [1.82, 2.24) is 19.0 Å². The molecule has 1 unspecified atom stereocenters. The minimum absolute atomic E-state index is 0.0253. The highest BCUT2D eigenvalue weighted by molar-refractivity contribution is 7.89. The van der Waals surface area contributed by atoms with Gasteiger partial charge in [-0.3, -0.25) is 9.58 Å². The zero-order valence-corrected chi connectivity index (χ0v) is 23.0. The Morgan fingerprint density at radius 1 is 1.05 bits per heavy atom. The maximum atomic E-state index is 13.7. The summed E-state index contributed by atoms with van der Waals surface area (Å²) in [6.07, 6.45) is -1.62. The molecule has 3 heterocycles. The van der Waals surface area contributed by atoms with Crippen LogP contribution in [0.1, 0.15) is 35.6 Å². The van der Waals surface area contributed by atoms with Crippen LogP contribution in [0.5, 0.6) is 0 Å². The summed E-state index contributed by atoms with van der Waals surface area (Å²) in [6, 6.07) is 12.5. The van der Waals surface area contributed by atoms with Crippen molar-refractivity contribution in [2.45, 2.75) is 48.8 Å². The van der Waals surface area contributed by atoms with E-state index in [1.54, 1.807) is 7.11 Å². The van der Waals surface area contributed by atoms with Crippen molar-refractivity contribution in [1.29, 1.82) is 0 Å². The van der Waals surface area contributed by atoms with Crippen LogP contribution in [0.4, 0.5) is 13.2 Å². The lowest BCUT2D eigenvalue weighted by Crippen LogP contribution is -2.68. The largest absolute Gasteiger partial charge is 0.417 e. The van der Waals surface area contributed by atoms with Crippen LogP contribution in [0.15, 0.2) is 59.6 Å². The quantitative estimate of drug-likeness (QED) is 0.437. The lowest BCUT2D eigenvalue weighted by Gasteiger charge is -2.57. The summed E-state index contributed by atoms with van der Waals surface area (Å²) in [5.74, 6) is -0.0253. The molecule has 0 aliphatic carbocycles. The van der Waals surface area contributed by atoms with Gasteiger partial charge in [0, 0.05) is 56.5 Å². The van der Waals surface area contributed by atoms with Gasteiger partial charge in [0.2, 0.25) is 10.0 Å². The first-order valence-corrected chi connectivity index (χ1v) is 14.5. The van der Waals surface area contributed by atoms with Gasteiger partial charge in [0.15, 0.2) is 0 Å². The summed E-state index contributed by atoms with van der Waals surface area (Å²) in [7, 11) is -0.830. The van der Waals surface area contributed by atoms with Crippen LogP contribution < -0.4 is 0 Å². The highest BCUT2D eigenvalue weighted by Crippen LogP contribution is 2.44. The number of fused-ring (bicyclic) bond motifs is 1. The van der Waals surface area contributed by atoms with E-state index in [4.69, 9.17) is 4.74 Å². The van der Waals surface area contributed by atoms with E-state index < -0.39 is 26.7 Å². The number of ether oxygens (including phenoxy) is 1. The highest BCUT2D eigenvalue weighted by atomic mass is 32.2. The molecule has 3 aromatic rings. The average Bonchev–Trinajstić information content (AvgIpc) is 3.22. The van der Waals surface area contributed by atoms with Gasteiger partial charge in [-0.1, -0.05) is 36.4 Å². The van der Waals surface area contributed by atoms with E-state index in [2.05, 4.69) is 22.1 Å². The van der Waals surface area contributed by atoms with Crippen molar-refractivity contribution in [2.75, 3.05) is 33.4 Å². The van der Waals surface area contributed by atoms with E-state index in [1.165, 1.54) is 16.4 Å². The van der Waals surface area contributed by atoms with E-state index >= 15 is 0 Å². The molecule has 0 saturated carbocycles. The van der Waals surface area contributed by atoms with Crippen LogP contribution in [0, 0.1) is 6.92 Å². The van der Waals surface area contributed by atoms with E-state index in [0.717, 1.165) is 47.5 Å². The summed E-state index contributed by atoms with van der Waals surface area (Å²) >= 11 is 0. The Hall–Kier alpha value is -2.73. The number of alkyl halides is 3. The third kappa shape index (κ3) is 5.13. The molecule has 7 nitrogen and oxygen atoms in total. The van der Waals surface area contributed by atoms with E-state index in [-0.39, 0.29) is 31.1 Å². The third-order valence-electron chi connectivity index (χ3n) is 8.14. The monoisotopic (exact) mass is 562 g/mol. The second-order valence-corrected chi connectivity index (χ2v) is 12.2. The first-order chi connectivity index (χ1) is 18.5. The van der Waals surface area contributed by atoms with E-state index in [9.17, 15) is 21.6 Å². The fourth-order valence-electron chi connectivity index (χ4n) is 6.01. The lowest BCUT2D eigenvalue weighted by atomic mass is 9.74. The van der Waals surface area contributed by atoms with E-state index in [1.807, 2.05) is 37.0 Å². The fraction of sp³-hybridized carbons (Fsp3) is 0.464. The first kappa shape index (κ1) is 27.8. The zero-order chi connectivity index (χ0) is 27.9. The van der Waals surface area contributed by atoms with Gasteiger partial charge in [0.25, 0.3) is 0 Å². The van der Waals surface area contributed by atoms with Crippen LogP contribution in [-0.2, 0) is 28.0 Å². The molecule has 0 N–H and O–H groups in total. The van der Waals surface area contributed by atoms with Crippen molar-refractivity contribution in [3.8, 4) is 11.1 Å². The number of hydrogen-bond donors (Lipinski definition) is 0. The normalized spacial score (nSPS) is 23.1. The molecule has 210 valence electrons. The molecule has 0 spiro atoms. The average molecular weight is 563 g/mol. The van der Waals surface area contributed by atoms with Gasteiger partial charge < -0.3 is 4.74 Å². The summed E-state index contributed by atoms with van der Waals surface area (Å²) in [5, 5.41) is 4.33. The zero-order valence-electron chi connectivity index (χ0n) is 22.2. The Bertz CT molecular complexity index is 1420. The number of aromatic nitrogens is 2. The molecule has 3 atom stereocenters. The Morgan fingerprint density at radius 3 is 2.38 bits per heavy atom. The molecule has 1 aromatic heterocycles. The molecule has 0 amide bonds. The van der Waals surface area contributed by atoms with Crippen LogP contribution in [0.25, 0.3) is 11.1 Å². The molecule has 2 aliphatic heterocycles. The van der Waals surface area contributed by atoms with Crippen LogP contribution in [-0.4, -0.2) is 72.8 Å². The van der Waals surface area contributed by atoms with Crippen molar-refractivity contribution in [3.63, 3.8) is 0 Å². The first-order valence-electron chi connectivity index (χ1n) is 13.0. The van der Waals surface area contributed by atoms with Crippen molar-refractivity contribution in [2.24, 2.45) is 7.05 Å². The highest BCUT2D eigenvalue weighted by Gasteiger charge is 2.51. The fourth-order valence-corrected chi connectivity index (χ4v) is 7.72. The number of sulfonamides is 1.